The summed E-state index contributed by atoms with van der Waals surface area (Å²) in [6, 6.07) is 12.0. The number of rotatable bonds is 5. The molecule has 0 saturated carbocycles. The minimum atomic E-state index is -3.51. The molecule has 0 atom stereocenters. The van der Waals surface area contributed by atoms with Crippen LogP contribution >= 0.6 is 23.2 Å². The lowest BCUT2D eigenvalue weighted by Crippen LogP contribution is -2.28. The first-order valence-electron chi connectivity index (χ1n) is 6.30. The molecule has 8 heteroatoms. The maximum atomic E-state index is 11.7. The van der Waals surface area contributed by atoms with Gasteiger partial charge in [0.25, 0.3) is 0 Å². The third kappa shape index (κ3) is 4.51. The van der Waals surface area contributed by atoms with Crippen LogP contribution in [0.1, 0.15) is 0 Å². The van der Waals surface area contributed by atoms with Gasteiger partial charge in [-0.15, -0.1) is 0 Å². The van der Waals surface area contributed by atoms with E-state index < -0.39 is 10.2 Å². The van der Waals surface area contributed by atoms with Crippen LogP contribution in [-0.2, 0) is 10.2 Å². The smallest absolute Gasteiger partial charge is 0.301 e. The Labute approximate surface area is 140 Å². The molecule has 0 fully saturated rings. The molecule has 118 valence electrons. The number of halogens is 2. The summed E-state index contributed by atoms with van der Waals surface area (Å²) in [6.45, 7) is 0. The van der Waals surface area contributed by atoms with Crippen molar-refractivity contribution in [3.8, 4) is 0 Å². The molecule has 2 aromatic rings. The van der Waals surface area contributed by atoms with Gasteiger partial charge in [0, 0.05) is 41.2 Å². The second-order valence-electron chi connectivity index (χ2n) is 4.75. The Morgan fingerprint density at radius 1 is 0.864 bits per heavy atom. The largest absolute Gasteiger partial charge is 0.355 e. The molecular formula is C14H15Cl2N3O2S. The van der Waals surface area contributed by atoms with E-state index >= 15 is 0 Å². The first-order valence-corrected chi connectivity index (χ1v) is 8.49. The Morgan fingerprint density at radius 3 is 1.86 bits per heavy atom. The summed E-state index contributed by atoms with van der Waals surface area (Å²) in [4.78, 5) is 0. The molecule has 0 aliphatic carbocycles. The van der Waals surface area contributed by atoms with Gasteiger partial charge < -0.3 is 5.32 Å². The fraction of sp³-hybridized carbons (Fsp3) is 0.143. The van der Waals surface area contributed by atoms with E-state index in [-0.39, 0.29) is 0 Å². The van der Waals surface area contributed by atoms with Crippen molar-refractivity contribution in [2.24, 2.45) is 0 Å². The molecule has 2 N–H and O–H groups in total. The molecule has 0 aliphatic rings. The molecule has 0 spiro atoms. The minimum Gasteiger partial charge on any atom is -0.355 e. The van der Waals surface area contributed by atoms with E-state index in [1.54, 1.807) is 42.5 Å². The highest BCUT2D eigenvalue weighted by molar-refractivity contribution is 7.90. The van der Waals surface area contributed by atoms with Gasteiger partial charge in [-0.25, -0.2) is 0 Å². The van der Waals surface area contributed by atoms with E-state index in [4.69, 9.17) is 23.2 Å². The molecule has 0 amide bonds. The normalized spacial score (nSPS) is 11.5. The van der Waals surface area contributed by atoms with Crippen molar-refractivity contribution in [2.75, 3.05) is 24.1 Å². The molecule has 2 aromatic carbocycles. The highest BCUT2D eigenvalue weighted by atomic mass is 35.5. The fourth-order valence-electron chi connectivity index (χ4n) is 1.65. The minimum absolute atomic E-state index is 0.475. The lowest BCUT2D eigenvalue weighted by molar-refractivity contribution is 0.527. The van der Waals surface area contributed by atoms with E-state index in [9.17, 15) is 8.42 Å². The van der Waals surface area contributed by atoms with Crippen LogP contribution in [0.4, 0.5) is 17.1 Å². The summed E-state index contributed by atoms with van der Waals surface area (Å²) in [7, 11) is -0.587. The van der Waals surface area contributed by atoms with E-state index in [0.717, 1.165) is 15.7 Å². The van der Waals surface area contributed by atoms with Crippen molar-refractivity contribution in [3.63, 3.8) is 0 Å². The van der Waals surface area contributed by atoms with Crippen LogP contribution in [0.3, 0.4) is 0 Å². The average Bonchev–Trinajstić information content (AvgIpc) is 2.39. The van der Waals surface area contributed by atoms with Crippen molar-refractivity contribution < 1.29 is 8.42 Å². The van der Waals surface area contributed by atoms with Crippen molar-refractivity contribution in [2.45, 2.75) is 0 Å². The van der Waals surface area contributed by atoms with Crippen LogP contribution < -0.4 is 10.0 Å². The summed E-state index contributed by atoms with van der Waals surface area (Å²) in [6.07, 6.45) is 0. The van der Waals surface area contributed by atoms with Gasteiger partial charge >= 0.3 is 10.2 Å². The summed E-state index contributed by atoms with van der Waals surface area (Å²) >= 11 is 11.9. The van der Waals surface area contributed by atoms with Crippen molar-refractivity contribution in [1.82, 2.24) is 4.31 Å². The second-order valence-corrected chi connectivity index (χ2v) is 7.51. The van der Waals surface area contributed by atoms with Gasteiger partial charge in [-0.05, 0) is 42.5 Å². The highest BCUT2D eigenvalue weighted by Crippen LogP contribution is 2.26. The van der Waals surface area contributed by atoms with Crippen LogP contribution in [-0.4, -0.2) is 26.8 Å². The molecular weight excluding hydrogens is 345 g/mol. The van der Waals surface area contributed by atoms with Crippen LogP contribution in [0.2, 0.25) is 10.0 Å². The van der Waals surface area contributed by atoms with Crippen LogP contribution in [0.5, 0.6) is 0 Å². The second kappa shape index (κ2) is 6.75. The third-order valence-electron chi connectivity index (χ3n) is 2.76. The van der Waals surface area contributed by atoms with Gasteiger partial charge in [-0.1, -0.05) is 23.2 Å². The maximum absolute atomic E-state index is 11.7. The number of nitrogens with one attached hydrogen (secondary N) is 2. The molecule has 0 bridgehead atoms. The van der Waals surface area contributed by atoms with Crippen LogP contribution in [0.25, 0.3) is 0 Å². The molecule has 0 saturated heterocycles. The number of hydrogen-bond donors (Lipinski definition) is 2. The van der Waals surface area contributed by atoms with Gasteiger partial charge in [0.15, 0.2) is 0 Å². The lowest BCUT2D eigenvalue weighted by Gasteiger charge is -2.14. The number of nitrogens with zero attached hydrogens (tertiary/aromatic N) is 1. The number of hydrogen-bond acceptors (Lipinski definition) is 3. The standard InChI is InChI=1S/C14H15Cl2N3O2S/c1-19(2)22(20,21)18-13-5-3-12(4-6-13)17-14-8-10(15)7-11(16)9-14/h3-9,17-18H,1-2H3. The van der Waals surface area contributed by atoms with Gasteiger partial charge in [-0.2, -0.15) is 12.7 Å². The Morgan fingerprint density at radius 2 is 1.36 bits per heavy atom. The Balaban J connectivity index is 2.12. The Hall–Kier alpha value is -1.47. The molecule has 0 heterocycles. The lowest BCUT2D eigenvalue weighted by atomic mass is 10.2. The molecule has 22 heavy (non-hydrogen) atoms. The zero-order valence-corrected chi connectivity index (χ0v) is 14.3. The maximum Gasteiger partial charge on any atom is 0.301 e. The summed E-state index contributed by atoms with van der Waals surface area (Å²) < 4.78 is 27.0. The van der Waals surface area contributed by atoms with Gasteiger partial charge in [-0.3, -0.25) is 4.72 Å². The topological polar surface area (TPSA) is 61.4 Å². The van der Waals surface area contributed by atoms with Gasteiger partial charge in [0.05, 0.1) is 0 Å². The van der Waals surface area contributed by atoms with E-state index in [2.05, 4.69) is 10.0 Å². The number of anilines is 3. The van der Waals surface area contributed by atoms with Gasteiger partial charge in [0.2, 0.25) is 0 Å². The zero-order chi connectivity index (χ0) is 16.3. The molecule has 0 aromatic heterocycles. The van der Waals surface area contributed by atoms with E-state index in [1.165, 1.54) is 14.1 Å². The predicted molar refractivity (Wildman–Crippen MR) is 92.4 cm³/mol. The first kappa shape index (κ1) is 16.9. The molecule has 0 radical (unpaired) electrons. The summed E-state index contributed by atoms with van der Waals surface area (Å²) in [5.74, 6) is 0. The molecule has 0 unspecified atom stereocenters. The van der Waals surface area contributed by atoms with Crippen molar-refractivity contribution >= 4 is 50.5 Å². The Kier molecular flexibility index (Phi) is 5.18. The zero-order valence-electron chi connectivity index (χ0n) is 12.0. The quantitative estimate of drug-likeness (QED) is 0.849. The summed E-state index contributed by atoms with van der Waals surface area (Å²) in [5, 5.41) is 4.21. The first-order chi connectivity index (χ1) is 10.3. The van der Waals surface area contributed by atoms with E-state index in [1.807, 2.05) is 0 Å². The van der Waals surface area contributed by atoms with Crippen LogP contribution in [0, 0.1) is 0 Å². The van der Waals surface area contributed by atoms with Gasteiger partial charge in [0.1, 0.15) is 0 Å². The van der Waals surface area contributed by atoms with E-state index in [0.29, 0.717) is 15.7 Å². The van der Waals surface area contributed by atoms with Crippen molar-refractivity contribution in [3.05, 3.63) is 52.5 Å². The number of benzene rings is 2. The predicted octanol–water partition coefficient (Wildman–Crippen LogP) is 3.96. The highest BCUT2D eigenvalue weighted by Gasteiger charge is 2.12. The Bertz CT molecular complexity index is 742. The molecule has 0 aliphatic heterocycles. The molecule has 5 nitrogen and oxygen atoms in total. The molecule has 2 rings (SSSR count). The third-order valence-corrected chi connectivity index (χ3v) is 4.66. The summed E-state index contributed by atoms with van der Waals surface area (Å²) in [5.41, 5.74) is 2.01. The monoisotopic (exact) mass is 359 g/mol. The average molecular weight is 360 g/mol. The fourth-order valence-corrected chi connectivity index (χ4v) is 2.80. The van der Waals surface area contributed by atoms with Crippen LogP contribution in [0.15, 0.2) is 42.5 Å². The SMILES string of the molecule is CN(C)S(=O)(=O)Nc1ccc(Nc2cc(Cl)cc(Cl)c2)cc1. The van der Waals surface area contributed by atoms with Crippen molar-refractivity contribution in [1.29, 1.82) is 0 Å².